The summed E-state index contributed by atoms with van der Waals surface area (Å²) in [7, 11) is 1.97. The van der Waals surface area contributed by atoms with Gasteiger partial charge in [-0.3, -0.25) is 0 Å². The van der Waals surface area contributed by atoms with E-state index in [0.29, 0.717) is 0 Å². The van der Waals surface area contributed by atoms with Gasteiger partial charge in [0.05, 0.1) is 16.2 Å². The lowest BCUT2D eigenvalue weighted by Gasteiger charge is -2.22. The van der Waals surface area contributed by atoms with E-state index in [1.54, 1.807) is 11.3 Å². The van der Waals surface area contributed by atoms with Gasteiger partial charge in [-0.25, -0.2) is 4.98 Å². The third kappa shape index (κ3) is 1.67. The fourth-order valence-electron chi connectivity index (χ4n) is 1.23. The first kappa shape index (κ1) is 9.68. The van der Waals surface area contributed by atoms with Crippen molar-refractivity contribution in [3.05, 3.63) is 15.6 Å². The Morgan fingerprint density at radius 2 is 1.92 bits per heavy atom. The molecule has 0 saturated heterocycles. The summed E-state index contributed by atoms with van der Waals surface area (Å²) in [5.41, 5.74) is 1.17. The molecule has 0 aliphatic rings. The molecule has 3 heteroatoms. The van der Waals surface area contributed by atoms with Crippen LogP contribution in [0.25, 0.3) is 0 Å². The van der Waals surface area contributed by atoms with Crippen LogP contribution in [0.4, 0.5) is 0 Å². The number of aryl methyl sites for hydroxylation is 2. The van der Waals surface area contributed by atoms with E-state index in [9.17, 15) is 0 Å². The van der Waals surface area contributed by atoms with E-state index in [2.05, 4.69) is 31.1 Å². The minimum absolute atomic E-state index is 0.00512. The van der Waals surface area contributed by atoms with Crippen LogP contribution >= 0.6 is 11.3 Å². The van der Waals surface area contributed by atoms with Gasteiger partial charge in [0, 0.05) is 4.88 Å². The Morgan fingerprint density at radius 3 is 2.25 bits per heavy atom. The molecule has 0 saturated carbocycles. The van der Waals surface area contributed by atoms with Gasteiger partial charge in [0.2, 0.25) is 0 Å². The quantitative estimate of drug-likeness (QED) is 0.762. The molecule has 0 radical (unpaired) electrons. The van der Waals surface area contributed by atoms with E-state index in [-0.39, 0.29) is 5.54 Å². The molecule has 68 valence electrons. The largest absolute Gasteiger partial charge is 0.310 e. The molecule has 1 rings (SSSR count). The Bertz CT molecular complexity index is 276. The second-order valence-corrected chi connectivity index (χ2v) is 4.92. The van der Waals surface area contributed by atoms with Crippen LogP contribution in [-0.4, -0.2) is 12.0 Å². The molecule has 0 aliphatic carbocycles. The molecule has 0 atom stereocenters. The van der Waals surface area contributed by atoms with Crippen LogP contribution in [0.5, 0.6) is 0 Å². The number of hydrogen-bond donors (Lipinski definition) is 1. The number of aromatic nitrogens is 1. The van der Waals surface area contributed by atoms with Gasteiger partial charge in [-0.2, -0.15) is 0 Å². The maximum absolute atomic E-state index is 4.51. The van der Waals surface area contributed by atoms with Gasteiger partial charge in [0.25, 0.3) is 0 Å². The van der Waals surface area contributed by atoms with Crippen molar-refractivity contribution >= 4 is 11.3 Å². The van der Waals surface area contributed by atoms with E-state index >= 15 is 0 Å². The molecule has 0 aliphatic heterocycles. The van der Waals surface area contributed by atoms with Crippen LogP contribution in [-0.2, 0) is 5.54 Å². The summed E-state index contributed by atoms with van der Waals surface area (Å²) in [6, 6.07) is 0. The SMILES string of the molecule is CNC(C)(C)c1nc(C)sc1C. The lowest BCUT2D eigenvalue weighted by Crippen LogP contribution is -2.34. The highest BCUT2D eigenvalue weighted by Gasteiger charge is 2.23. The summed E-state index contributed by atoms with van der Waals surface area (Å²) < 4.78 is 0. The Morgan fingerprint density at radius 1 is 1.33 bits per heavy atom. The summed E-state index contributed by atoms with van der Waals surface area (Å²) in [6.07, 6.45) is 0. The molecular weight excluding hydrogens is 168 g/mol. The van der Waals surface area contributed by atoms with Crippen LogP contribution in [0, 0.1) is 13.8 Å². The first-order chi connectivity index (χ1) is 5.47. The molecule has 0 bridgehead atoms. The third-order valence-electron chi connectivity index (χ3n) is 2.12. The minimum atomic E-state index is -0.00512. The monoisotopic (exact) mass is 184 g/mol. The zero-order valence-corrected chi connectivity index (χ0v) is 9.17. The van der Waals surface area contributed by atoms with Gasteiger partial charge >= 0.3 is 0 Å². The highest BCUT2D eigenvalue weighted by Crippen LogP contribution is 2.26. The van der Waals surface area contributed by atoms with Crippen LogP contribution in [0.15, 0.2) is 0 Å². The molecule has 0 spiro atoms. The van der Waals surface area contributed by atoms with Crippen molar-refractivity contribution in [2.24, 2.45) is 0 Å². The van der Waals surface area contributed by atoms with Crippen molar-refractivity contribution < 1.29 is 0 Å². The molecule has 1 aromatic rings. The van der Waals surface area contributed by atoms with Crippen LogP contribution < -0.4 is 5.32 Å². The Labute approximate surface area is 78.0 Å². The standard InChI is InChI=1S/C9H16N2S/c1-6-8(9(3,4)10-5)11-7(2)12-6/h10H,1-5H3. The summed E-state index contributed by atoms with van der Waals surface area (Å²) in [5, 5.41) is 4.40. The van der Waals surface area contributed by atoms with Crippen molar-refractivity contribution in [2.75, 3.05) is 7.05 Å². The predicted molar refractivity (Wildman–Crippen MR) is 53.7 cm³/mol. The molecule has 1 N–H and O–H groups in total. The normalized spacial score (nSPS) is 12.1. The van der Waals surface area contributed by atoms with Gasteiger partial charge in [0.15, 0.2) is 0 Å². The zero-order valence-electron chi connectivity index (χ0n) is 8.36. The lowest BCUT2D eigenvalue weighted by molar-refractivity contribution is 0.431. The topological polar surface area (TPSA) is 24.9 Å². The Balaban J connectivity index is 3.09. The molecule has 0 fully saturated rings. The van der Waals surface area contributed by atoms with E-state index in [1.807, 2.05) is 14.0 Å². The molecule has 2 nitrogen and oxygen atoms in total. The maximum atomic E-state index is 4.51. The second kappa shape index (κ2) is 3.15. The number of rotatable bonds is 2. The molecule has 0 unspecified atom stereocenters. The lowest BCUT2D eigenvalue weighted by atomic mass is 10.0. The smallest absolute Gasteiger partial charge is 0.0900 e. The minimum Gasteiger partial charge on any atom is -0.310 e. The van der Waals surface area contributed by atoms with E-state index < -0.39 is 0 Å². The molecule has 1 aromatic heterocycles. The van der Waals surface area contributed by atoms with Gasteiger partial charge in [-0.05, 0) is 34.7 Å². The average molecular weight is 184 g/mol. The number of nitrogens with one attached hydrogen (secondary N) is 1. The molecule has 0 aromatic carbocycles. The predicted octanol–water partition coefficient (Wildman–Crippen LogP) is 2.21. The van der Waals surface area contributed by atoms with Gasteiger partial charge in [0.1, 0.15) is 0 Å². The van der Waals surface area contributed by atoms with Crippen molar-refractivity contribution in [3.63, 3.8) is 0 Å². The first-order valence-electron chi connectivity index (χ1n) is 4.11. The van der Waals surface area contributed by atoms with E-state index in [0.717, 1.165) is 5.01 Å². The van der Waals surface area contributed by atoms with Gasteiger partial charge in [-0.15, -0.1) is 11.3 Å². The number of hydrogen-bond acceptors (Lipinski definition) is 3. The average Bonchev–Trinajstić information content (AvgIpc) is 2.31. The highest BCUT2D eigenvalue weighted by molar-refractivity contribution is 7.11. The van der Waals surface area contributed by atoms with Crippen molar-refractivity contribution in [1.29, 1.82) is 0 Å². The van der Waals surface area contributed by atoms with Crippen molar-refractivity contribution in [3.8, 4) is 0 Å². The third-order valence-corrected chi connectivity index (χ3v) is 3.01. The highest BCUT2D eigenvalue weighted by atomic mass is 32.1. The molecular formula is C9H16N2S. The van der Waals surface area contributed by atoms with Crippen LogP contribution in [0.2, 0.25) is 0 Å². The van der Waals surface area contributed by atoms with Crippen molar-refractivity contribution in [2.45, 2.75) is 33.2 Å². The second-order valence-electron chi connectivity index (χ2n) is 3.51. The van der Waals surface area contributed by atoms with Gasteiger partial charge in [-0.1, -0.05) is 0 Å². The van der Waals surface area contributed by atoms with Crippen LogP contribution in [0.3, 0.4) is 0 Å². The molecule has 0 amide bonds. The summed E-state index contributed by atoms with van der Waals surface area (Å²) >= 11 is 1.76. The van der Waals surface area contributed by atoms with Crippen molar-refractivity contribution in [1.82, 2.24) is 10.3 Å². The number of nitrogens with zero attached hydrogens (tertiary/aromatic N) is 1. The Hall–Kier alpha value is -0.410. The summed E-state index contributed by atoms with van der Waals surface area (Å²) in [4.78, 5) is 5.82. The van der Waals surface area contributed by atoms with Gasteiger partial charge < -0.3 is 5.32 Å². The molecule has 1 heterocycles. The summed E-state index contributed by atoms with van der Waals surface area (Å²) in [6.45, 7) is 8.47. The fraction of sp³-hybridized carbons (Fsp3) is 0.667. The number of thiazole rings is 1. The zero-order chi connectivity index (χ0) is 9.35. The maximum Gasteiger partial charge on any atom is 0.0900 e. The molecule has 12 heavy (non-hydrogen) atoms. The fourth-order valence-corrected chi connectivity index (χ4v) is 2.20. The Kier molecular flexibility index (Phi) is 2.54. The van der Waals surface area contributed by atoms with Crippen LogP contribution in [0.1, 0.15) is 29.4 Å². The first-order valence-corrected chi connectivity index (χ1v) is 4.92. The van der Waals surface area contributed by atoms with E-state index in [1.165, 1.54) is 10.6 Å². The van der Waals surface area contributed by atoms with E-state index in [4.69, 9.17) is 0 Å². The summed E-state index contributed by atoms with van der Waals surface area (Å²) in [5.74, 6) is 0.